The first-order chi connectivity index (χ1) is 6.81. The summed E-state index contributed by atoms with van der Waals surface area (Å²) in [6, 6.07) is 10.6. The summed E-state index contributed by atoms with van der Waals surface area (Å²) in [7, 11) is 0. The minimum atomic E-state index is -0.446. The molecule has 14 heavy (non-hydrogen) atoms. The quantitative estimate of drug-likeness (QED) is 0.738. The second-order valence-electron chi connectivity index (χ2n) is 2.76. The van der Waals surface area contributed by atoms with Crippen LogP contribution in [-0.2, 0) is 0 Å². The summed E-state index contributed by atoms with van der Waals surface area (Å²) in [6.45, 7) is 0. The van der Waals surface area contributed by atoms with Crippen LogP contribution in [0.5, 0.6) is 5.95 Å². The zero-order valence-electron chi connectivity index (χ0n) is 7.18. The van der Waals surface area contributed by atoms with Crippen molar-refractivity contribution >= 4 is 5.69 Å². The van der Waals surface area contributed by atoms with E-state index in [0.29, 0.717) is 5.76 Å². The molecule has 1 heterocycles. The molecular weight excluding hydrogens is 182 g/mol. The van der Waals surface area contributed by atoms with Gasteiger partial charge in [0.05, 0.1) is 0 Å². The van der Waals surface area contributed by atoms with E-state index in [0.717, 1.165) is 5.56 Å². The Kier molecular flexibility index (Phi) is 2.02. The number of hydrogen-bond donors (Lipinski definition) is 1. The Labute approximate surface area is 79.8 Å². The Balaban J connectivity index is 2.48. The van der Waals surface area contributed by atoms with Crippen LogP contribution < -0.4 is 0 Å². The summed E-state index contributed by atoms with van der Waals surface area (Å²) in [5, 5.41) is 11.8. The highest BCUT2D eigenvalue weighted by Gasteiger charge is 2.11. The third-order valence-electron chi connectivity index (χ3n) is 1.85. The van der Waals surface area contributed by atoms with E-state index in [9.17, 15) is 4.91 Å². The third kappa shape index (κ3) is 1.37. The minimum Gasteiger partial charge on any atom is -0.479 e. The summed E-state index contributed by atoms with van der Waals surface area (Å²) in [5.41, 5.74) is 0.710. The molecule has 0 unspecified atom stereocenters. The highest BCUT2D eigenvalue weighted by atomic mass is 16.5. The molecule has 0 aliphatic heterocycles. The van der Waals surface area contributed by atoms with Crippen molar-refractivity contribution in [2.75, 3.05) is 0 Å². The smallest absolute Gasteiger partial charge is 0.313 e. The van der Waals surface area contributed by atoms with Gasteiger partial charge in [0.2, 0.25) is 0 Å². The van der Waals surface area contributed by atoms with Crippen molar-refractivity contribution in [2.45, 2.75) is 0 Å². The third-order valence-corrected chi connectivity index (χ3v) is 1.85. The van der Waals surface area contributed by atoms with Crippen LogP contribution in [0.2, 0.25) is 0 Å². The molecule has 2 aromatic rings. The number of hydrogen-bond acceptors (Lipinski definition) is 4. The molecule has 4 heteroatoms. The van der Waals surface area contributed by atoms with E-state index in [4.69, 9.17) is 9.52 Å². The average molecular weight is 189 g/mol. The first-order valence-corrected chi connectivity index (χ1v) is 4.03. The van der Waals surface area contributed by atoms with Crippen LogP contribution in [0.1, 0.15) is 0 Å². The molecule has 0 saturated heterocycles. The molecule has 0 saturated carbocycles. The fourth-order valence-corrected chi connectivity index (χ4v) is 1.18. The first-order valence-electron chi connectivity index (χ1n) is 4.03. The summed E-state index contributed by atoms with van der Waals surface area (Å²) in [5.74, 6) is -0.0171. The van der Waals surface area contributed by atoms with Gasteiger partial charge in [-0.05, 0) is 5.18 Å². The van der Waals surface area contributed by atoms with Crippen LogP contribution in [0.4, 0.5) is 5.69 Å². The van der Waals surface area contributed by atoms with Crippen LogP contribution in [0, 0.1) is 4.91 Å². The van der Waals surface area contributed by atoms with Crippen molar-refractivity contribution in [1.82, 2.24) is 0 Å². The molecule has 1 aromatic carbocycles. The Morgan fingerprint density at radius 3 is 2.50 bits per heavy atom. The Hall–Kier alpha value is -2.10. The van der Waals surface area contributed by atoms with Crippen molar-refractivity contribution in [1.29, 1.82) is 0 Å². The number of aromatic hydroxyl groups is 1. The minimum absolute atomic E-state index is 0.0798. The summed E-state index contributed by atoms with van der Waals surface area (Å²) in [6.07, 6.45) is 0. The van der Waals surface area contributed by atoms with Crippen LogP contribution in [-0.4, -0.2) is 5.11 Å². The van der Waals surface area contributed by atoms with Crippen LogP contribution >= 0.6 is 0 Å². The lowest BCUT2D eigenvalue weighted by atomic mass is 10.2. The Morgan fingerprint density at radius 1 is 1.21 bits per heavy atom. The van der Waals surface area contributed by atoms with E-state index in [-0.39, 0.29) is 5.69 Å². The lowest BCUT2D eigenvalue weighted by Gasteiger charge is -1.92. The second kappa shape index (κ2) is 3.33. The normalized spacial score (nSPS) is 10.0. The molecule has 1 aromatic heterocycles. The molecule has 0 amide bonds. The van der Waals surface area contributed by atoms with Gasteiger partial charge in [0.1, 0.15) is 5.76 Å². The molecule has 0 bridgehead atoms. The number of benzene rings is 1. The van der Waals surface area contributed by atoms with E-state index >= 15 is 0 Å². The summed E-state index contributed by atoms with van der Waals surface area (Å²) < 4.78 is 4.95. The molecule has 1 N–H and O–H groups in total. The standard InChI is InChI=1S/C10H7NO3/c12-10-8(11-13)6-9(14-10)7-4-2-1-3-5-7/h1-6,12H. The van der Waals surface area contributed by atoms with Crippen molar-refractivity contribution in [2.24, 2.45) is 5.18 Å². The van der Waals surface area contributed by atoms with Crippen LogP contribution in [0.3, 0.4) is 0 Å². The lowest BCUT2D eigenvalue weighted by molar-refractivity contribution is 0.339. The van der Waals surface area contributed by atoms with Crippen molar-refractivity contribution < 1.29 is 9.52 Å². The van der Waals surface area contributed by atoms with Gasteiger partial charge < -0.3 is 9.52 Å². The monoisotopic (exact) mass is 189 g/mol. The van der Waals surface area contributed by atoms with Gasteiger partial charge >= 0.3 is 5.95 Å². The molecule has 4 nitrogen and oxygen atoms in total. The van der Waals surface area contributed by atoms with Crippen molar-refractivity contribution in [3.05, 3.63) is 41.3 Å². The fraction of sp³-hybridized carbons (Fsp3) is 0. The van der Waals surface area contributed by atoms with E-state index in [1.54, 1.807) is 0 Å². The predicted octanol–water partition coefficient (Wildman–Crippen LogP) is 3.05. The topological polar surface area (TPSA) is 62.8 Å². The number of rotatable bonds is 2. The maximum Gasteiger partial charge on any atom is 0.313 e. The molecule has 2 rings (SSSR count). The predicted molar refractivity (Wildman–Crippen MR) is 51.3 cm³/mol. The highest BCUT2D eigenvalue weighted by molar-refractivity contribution is 5.64. The van der Waals surface area contributed by atoms with Gasteiger partial charge in [-0.25, -0.2) is 0 Å². The zero-order chi connectivity index (χ0) is 9.97. The molecule has 0 spiro atoms. The van der Waals surface area contributed by atoms with E-state index in [2.05, 4.69) is 5.18 Å². The second-order valence-corrected chi connectivity index (χ2v) is 2.76. The number of nitroso groups, excluding NO2 is 1. The van der Waals surface area contributed by atoms with Gasteiger partial charge in [0.25, 0.3) is 0 Å². The van der Waals surface area contributed by atoms with Gasteiger partial charge in [0.15, 0.2) is 5.69 Å². The molecule has 70 valence electrons. The maximum absolute atomic E-state index is 10.2. The number of nitrogens with zero attached hydrogens (tertiary/aromatic N) is 1. The van der Waals surface area contributed by atoms with E-state index < -0.39 is 5.95 Å². The molecular formula is C10H7NO3. The first kappa shape index (κ1) is 8.50. The van der Waals surface area contributed by atoms with Gasteiger partial charge in [-0.15, -0.1) is 4.91 Å². The average Bonchev–Trinajstić information content (AvgIpc) is 2.61. The zero-order valence-corrected chi connectivity index (χ0v) is 7.18. The van der Waals surface area contributed by atoms with Crippen LogP contribution in [0.15, 0.2) is 46.0 Å². The highest BCUT2D eigenvalue weighted by Crippen LogP contribution is 2.35. The van der Waals surface area contributed by atoms with Crippen molar-refractivity contribution in [3.63, 3.8) is 0 Å². The molecule has 0 fully saturated rings. The van der Waals surface area contributed by atoms with E-state index in [1.807, 2.05) is 30.3 Å². The lowest BCUT2D eigenvalue weighted by Crippen LogP contribution is -1.69. The van der Waals surface area contributed by atoms with Gasteiger partial charge in [0, 0.05) is 11.6 Å². The van der Waals surface area contributed by atoms with Crippen LogP contribution in [0.25, 0.3) is 11.3 Å². The number of furan rings is 1. The maximum atomic E-state index is 10.2. The Bertz CT molecular complexity index is 448. The van der Waals surface area contributed by atoms with Gasteiger partial charge in [-0.2, -0.15) is 0 Å². The van der Waals surface area contributed by atoms with Gasteiger partial charge in [-0.3, -0.25) is 0 Å². The largest absolute Gasteiger partial charge is 0.479 e. The molecule has 0 atom stereocenters. The molecule has 0 aliphatic carbocycles. The summed E-state index contributed by atoms with van der Waals surface area (Å²) >= 11 is 0. The van der Waals surface area contributed by atoms with Gasteiger partial charge in [-0.1, -0.05) is 30.3 Å². The fourth-order valence-electron chi connectivity index (χ4n) is 1.18. The van der Waals surface area contributed by atoms with Crippen molar-refractivity contribution in [3.8, 4) is 17.3 Å². The Morgan fingerprint density at radius 2 is 1.93 bits per heavy atom. The summed E-state index contributed by atoms with van der Waals surface area (Å²) in [4.78, 5) is 10.2. The molecule has 0 radical (unpaired) electrons. The molecule has 0 aliphatic rings. The van der Waals surface area contributed by atoms with E-state index in [1.165, 1.54) is 6.07 Å². The SMILES string of the molecule is O=Nc1cc(-c2ccccc2)oc1O.